The largest absolute Gasteiger partial charge is 0.508 e. The summed E-state index contributed by atoms with van der Waals surface area (Å²) < 4.78 is 0. The van der Waals surface area contributed by atoms with Crippen LogP contribution in [-0.4, -0.2) is 23.1 Å². The van der Waals surface area contributed by atoms with Crippen molar-refractivity contribution < 1.29 is 5.11 Å². The first-order valence-electron chi connectivity index (χ1n) is 7.01. The minimum atomic E-state index is 0.118. The van der Waals surface area contributed by atoms with Gasteiger partial charge in [0.15, 0.2) is 0 Å². The van der Waals surface area contributed by atoms with E-state index in [4.69, 9.17) is 5.73 Å². The molecule has 2 aromatic rings. The summed E-state index contributed by atoms with van der Waals surface area (Å²) in [5.74, 6) is 0.289. The maximum atomic E-state index is 9.64. The van der Waals surface area contributed by atoms with Crippen LogP contribution in [0.4, 0.5) is 0 Å². The highest BCUT2D eigenvalue weighted by molar-refractivity contribution is 5.30. The van der Waals surface area contributed by atoms with E-state index in [1.807, 2.05) is 18.2 Å². The van der Waals surface area contributed by atoms with Gasteiger partial charge in [0, 0.05) is 19.1 Å². The quantitative estimate of drug-likeness (QED) is 0.848. The Labute approximate surface area is 120 Å². The molecule has 0 fully saturated rings. The molecule has 0 radical (unpaired) electrons. The molecule has 20 heavy (non-hydrogen) atoms. The third-order valence-electron chi connectivity index (χ3n) is 3.55. The predicted octanol–water partition coefficient (Wildman–Crippen LogP) is 2.91. The van der Waals surface area contributed by atoms with Gasteiger partial charge in [0.25, 0.3) is 0 Å². The molecule has 2 aromatic carbocycles. The Bertz CT molecular complexity index is 528. The molecule has 0 aliphatic rings. The molecule has 0 saturated heterocycles. The Morgan fingerprint density at radius 1 is 1.10 bits per heavy atom. The smallest absolute Gasteiger partial charge is 0.115 e. The van der Waals surface area contributed by atoms with Crippen LogP contribution in [0.5, 0.6) is 5.75 Å². The van der Waals surface area contributed by atoms with Crippen LogP contribution in [-0.2, 0) is 6.54 Å². The summed E-state index contributed by atoms with van der Waals surface area (Å²) in [4.78, 5) is 2.32. The van der Waals surface area contributed by atoms with E-state index < -0.39 is 0 Å². The Kier molecular flexibility index (Phi) is 5.16. The molecular formula is C17H22N2O. The second-order valence-corrected chi connectivity index (χ2v) is 4.90. The molecule has 0 aliphatic carbocycles. The van der Waals surface area contributed by atoms with Crippen LogP contribution in [0, 0.1) is 0 Å². The summed E-state index contributed by atoms with van der Waals surface area (Å²) in [5, 5.41) is 9.64. The standard InChI is InChI=1S/C17H22N2O/c1-2-19(13-14-7-4-3-5-8-14)17(12-18)15-9-6-10-16(20)11-15/h3-11,17,20H,2,12-13,18H2,1H3. The number of likely N-dealkylation sites (N-methyl/N-ethyl adjacent to an activating group) is 1. The topological polar surface area (TPSA) is 49.5 Å². The molecule has 3 nitrogen and oxygen atoms in total. The molecule has 2 rings (SSSR count). The molecule has 3 N–H and O–H groups in total. The van der Waals surface area contributed by atoms with Crippen molar-refractivity contribution in [1.29, 1.82) is 0 Å². The van der Waals surface area contributed by atoms with Gasteiger partial charge in [-0.1, -0.05) is 49.4 Å². The number of hydrogen-bond donors (Lipinski definition) is 2. The second kappa shape index (κ2) is 7.08. The summed E-state index contributed by atoms with van der Waals surface area (Å²) >= 11 is 0. The highest BCUT2D eigenvalue weighted by Gasteiger charge is 2.18. The lowest BCUT2D eigenvalue weighted by atomic mass is 10.0. The molecule has 0 aliphatic heterocycles. The average Bonchev–Trinajstić information content (AvgIpc) is 2.48. The van der Waals surface area contributed by atoms with E-state index in [9.17, 15) is 5.11 Å². The van der Waals surface area contributed by atoms with Gasteiger partial charge in [-0.25, -0.2) is 0 Å². The predicted molar refractivity (Wildman–Crippen MR) is 82.4 cm³/mol. The lowest BCUT2D eigenvalue weighted by Crippen LogP contribution is -2.33. The first-order chi connectivity index (χ1) is 9.74. The molecule has 0 amide bonds. The minimum Gasteiger partial charge on any atom is -0.508 e. The summed E-state index contributed by atoms with van der Waals surface area (Å²) in [5.41, 5.74) is 8.29. The van der Waals surface area contributed by atoms with Gasteiger partial charge in [-0.05, 0) is 29.8 Å². The van der Waals surface area contributed by atoms with Crippen LogP contribution >= 0.6 is 0 Å². The number of nitrogens with zero attached hydrogens (tertiary/aromatic N) is 1. The normalized spacial score (nSPS) is 12.6. The number of phenolic OH excluding ortho intramolecular Hbond substituents is 1. The van der Waals surface area contributed by atoms with Crippen LogP contribution in [0.25, 0.3) is 0 Å². The first kappa shape index (κ1) is 14.6. The second-order valence-electron chi connectivity index (χ2n) is 4.90. The molecule has 1 atom stereocenters. The lowest BCUT2D eigenvalue weighted by Gasteiger charge is -2.30. The van der Waals surface area contributed by atoms with Crippen LogP contribution in [0.1, 0.15) is 24.1 Å². The van der Waals surface area contributed by atoms with Gasteiger partial charge < -0.3 is 10.8 Å². The Hall–Kier alpha value is -1.84. The van der Waals surface area contributed by atoms with E-state index in [-0.39, 0.29) is 11.8 Å². The Morgan fingerprint density at radius 2 is 1.85 bits per heavy atom. The zero-order valence-electron chi connectivity index (χ0n) is 11.9. The maximum Gasteiger partial charge on any atom is 0.115 e. The van der Waals surface area contributed by atoms with E-state index in [2.05, 4.69) is 36.1 Å². The monoisotopic (exact) mass is 270 g/mol. The average molecular weight is 270 g/mol. The fourth-order valence-electron chi connectivity index (χ4n) is 2.49. The number of rotatable bonds is 6. The SMILES string of the molecule is CCN(Cc1ccccc1)C(CN)c1cccc(O)c1. The number of benzene rings is 2. The Morgan fingerprint density at radius 3 is 2.45 bits per heavy atom. The number of phenols is 1. The van der Waals surface area contributed by atoms with Gasteiger partial charge in [-0.3, -0.25) is 4.90 Å². The molecule has 3 heteroatoms. The third-order valence-corrected chi connectivity index (χ3v) is 3.55. The summed E-state index contributed by atoms with van der Waals surface area (Å²) in [6.45, 7) is 4.43. The van der Waals surface area contributed by atoms with E-state index in [1.165, 1.54) is 5.56 Å². The number of aromatic hydroxyl groups is 1. The van der Waals surface area contributed by atoms with Crippen molar-refractivity contribution in [2.75, 3.05) is 13.1 Å². The molecule has 106 valence electrons. The van der Waals surface area contributed by atoms with Gasteiger partial charge in [-0.2, -0.15) is 0 Å². The van der Waals surface area contributed by atoms with Gasteiger partial charge in [0.2, 0.25) is 0 Å². The van der Waals surface area contributed by atoms with Crippen LogP contribution < -0.4 is 5.73 Å². The van der Waals surface area contributed by atoms with E-state index in [0.717, 1.165) is 18.7 Å². The lowest BCUT2D eigenvalue weighted by molar-refractivity contribution is 0.203. The van der Waals surface area contributed by atoms with Crippen molar-refractivity contribution in [1.82, 2.24) is 4.90 Å². The van der Waals surface area contributed by atoms with Crippen molar-refractivity contribution in [2.24, 2.45) is 5.73 Å². The molecule has 0 spiro atoms. The van der Waals surface area contributed by atoms with Crippen molar-refractivity contribution in [2.45, 2.75) is 19.5 Å². The van der Waals surface area contributed by atoms with E-state index in [0.29, 0.717) is 6.54 Å². The molecule has 0 saturated carbocycles. The number of hydrogen-bond acceptors (Lipinski definition) is 3. The fourth-order valence-corrected chi connectivity index (χ4v) is 2.49. The zero-order valence-corrected chi connectivity index (χ0v) is 11.9. The summed E-state index contributed by atoms with van der Waals surface area (Å²) in [6, 6.07) is 17.9. The van der Waals surface area contributed by atoms with Gasteiger partial charge in [-0.15, -0.1) is 0 Å². The van der Waals surface area contributed by atoms with Gasteiger partial charge in [0.1, 0.15) is 5.75 Å². The molecule has 1 unspecified atom stereocenters. The van der Waals surface area contributed by atoms with Crippen LogP contribution in [0.15, 0.2) is 54.6 Å². The molecule has 0 bridgehead atoms. The molecule has 0 aromatic heterocycles. The van der Waals surface area contributed by atoms with E-state index >= 15 is 0 Å². The summed E-state index contributed by atoms with van der Waals surface area (Å²) in [6.07, 6.45) is 0. The van der Waals surface area contributed by atoms with Crippen molar-refractivity contribution in [3.8, 4) is 5.75 Å². The van der Waals surface area contributed by atoms with Crippen LogP contribution in [0.3, 0.4) is 0 Å². The zero-order chi connectivity index (χ0) is 14.4. The highest BCUT2D eigenvalue weighted by atomic mass is 16.3. The highest BCUT2D eigenvalue weighted by Crippen LogP contribution is 2.24. The van der Waals surface area contributed by atoms with Crippen molar-refractivity contribution in [3.05, 3.63) is 65.7 Å². The molecule has 0 heterocycles. The number of nitrogens with two attached hydrogens (primary N) is 1. The van der Waals surface area contributed by atoms with Gasteiger partial charge >= 0.3 is 0 Å². The first-order valence-corrected chi connectivity index (χ1v) is 7.01. The minimum absolute atomic E-state index is 0.118. The van der Waals surface area contributed by atoms with Crippen molar-refractivity contribution in [3.63, 3.8) is 0 Å². The van der Waals surface area contributed by atoms with Gasteiger partial charge in [0.05, 0.1) is 0 Å². The maximum absolute atomic E-state index is 9.64. The summed E-state index contributed by atoms with van der Waals surface area (Å²) in [7, 11) is 0. The Balaban J connectivity index is 2.19. The van der Waals surface area contributed by atoms with E-state index in [1.54, 1.807) is 12.1 Å². The fraction of sp³-hybridized carbons (Fsp3) is 0.294. The molecular weight excluding hydrogens is 248 g/mol. The van der Waals surface area contributed by atoms with Crippen molar-refractivity contribution >= 4 is 0 Å². The third kappa shape index (κ3) is 3.59. The van der Waals surface area contributed by atoms with Crippen LogP contribution in [0.2, 0.25) is 0 Å².